The van der Waals surface area contributed by atoms with Crippen LogP contribution in [0.3, 0.4) is 0 Å². The van der Waals surface area contributed by atoms with Gasteiger partial charge in [0, 0.05) is 18.7 Å². The molecule has 0 atom stereocenters. The maximum absolute atomic E-state index is 13.6. The van der Waals surface area contributed by atoms with Crippen LogP contribution >= 0.6 is 0 Å². The molecule has 5 aromatic carbocycles. The Hall–Kier alpha value is -5.49. The van der Waals surface area contributed by atoms with Crippen molar-refractivity contribution in [1.82, 2.24) is 4.90 Å². The van der Waals surface area contributed by atoms with Crippen LogP contribution in [0.1, 0.15) is 75.6 Å². The highest BCUT2D eigenvalue weighted by atomic mass is 16.5. The Balaban J connectivity index is 1.22. The number of aryl methyl sites for hydroxylation is 4. The Kier molecular flexibility index (Phi) is 10.6. The molecule has 0 fully saturated rings. The van der Waals surface area contributed by atoms with E-state index in [1.807, 2.05) is 143 Å². The highest BCUT2D eigenvalue weighted by Crippen LogP contribution is 2.18. The zero-order valence-corrected chi connectivity index (χ0v) is 27.3. The minimum Gasteiger partial charge on any atom is -0.457 e. The predicted octanol–water partition coefficient (Wildman–Crippen LogP) is 8.48. The van der Waals surface area contributed by atoms with Crippen molar-refractivity contribution >= 4 is 17.8 Å². The summed E-state index contributed by atoms with van der Waals surface area (Å²) in [5.41, 5.74) is 9.38. The lowest BCUT2D eigenvalue weighted by molar-refractivity contribution is 0.0464. The van der Waals surface area contributed by atoms with Gasteiger partial charge in [-0.05, 0) is 86.3 Å². The van der Waals surface area contributed by atoms with E-state index >= 15 is 0 Å². The molecule has 0 bridgehead atoms. The van der Waals surface area contributed by atoms with Gasteiger partial charge < -0.3 is 14.4 Å². The van der Waals surface area contributed by atoms with Crippen LogP contribution in [0.15, 0.2) is 115 Å². The summed E-state index contributed by atoms with van der Waals surface area (Å²) >= 11 is 0. The minimum atomic E-state index is -0.356. The smallest absolute Gasteiger partial charge is 0.338 e. The van der Waals surface area contributed by atoms with E-state index in [9.17, 15) is 14.4 Å². The first-order valence-corrected chi connectivity index (χ1v) is 15.6. The van der Waals surface area contributed by atoms with E-state index < -0.39 is 0 Å². The van der Waals surface area contributed by atoms with Crippen LogP contribution in [0.4, 0.5) is 0 Å². The molecule has 0 saturated carbocycles. The van der Waals surface area contributed by atoms with Gasteiger partial charge in [-0.2, -0.15) is 0 Å². The van der Waals surface area contributed by atoms with Gasteiger partial charge in [0.1, 0.15) is 13.2 Å². The van der Waals surface area contributed by atoms with Gasteiger partial charge in [0.15, 0.2) is 0 Å². The van der Waals surface area contributed by atoms with Crippen molar-refractivity contribution in [2.24, 2.45) is 0 Å². The van der Waals surface area contributed by atoms with Gasteiger partial charge in [-0.3, -0.25) is 4.79 Å². The minimum absolute atomic E-state index is 0.0801. The van der Waals surface area contributed by atoms with Gasteiger partial charge in [0.05, 0.1) is 11.1 Å². The quantitative estimate of drug-likeness (QED) is 0.138. The average molecular weight is 626 g/mol. The van der Waals surface area contributed by atoms with Gasteiger partial charge in [-0.15, -0.1) is 0 Å². The third-order valence-corrected chi connectivity index (χ3v) is 7.76. The van der Waals surface area contributed by atoms with E-state index in [4.69, 9.17) is 9.47 Å². The van der Waals surface area contributed by atoms with E-state index in [1.54, 1.807) is 4.90 Å². The summed E-state index contributed by atoms with van der Waals surface area (Å²) in [7, 11) is 0. The SMILES string of the molecule is Cc1cc(C)cc(C(=O)OCc2ccc(CN(Cc3ccc(COC(=O)c4cc(C)cc(C)c4)cc3)C(=O)c3ccccc3)cc2)c1. The predicted molar refractivity (Wildman–Crippen MR) is 183 cm³/mol. The summed E-state index contributed by atoms with van der Waals surface area (Å²) in [6, 6.07) is 36.1. The molecule has 0 aromatic heterocycles. The maximum atomic E-state index is 13.6. The molecule has 0 aliphatic heterocycles. The van der Waals surface area contributed by atoms with Crippen LogP contribution < -0.4 is 0 Å². The number of carbonyl (C=O) groups excluding carboxylic acids is 3. The number of amides is 1. The van der Waals surface area contributed by atoms with E-state index in [-0.39, 0.29) is 31.1 Å². The fourth-order valence-electron chi connectivity index (χ4n) is 5.53. The topological polar surface area (TPSA) is 72.9 Å². The summed E-state index contributed by atoms with van der Waals surface area (Å²) in [5, 5.41) is 0. The zero-order chi connectivity index (χ0) is 33.3. The van der Waals surface area contributed by atoms with Crippen molar-refractivity contribution in [3.63, 3.8) is 0 Å². The third-order valence-electron chi connectivity index (χ3n) is 7.76. The van der Waals surface area contributed by atoms with Crippen LogP contribution in [-0.4, -0.2) is 22.7 Å². The van der Waals surface area contributed by atoms with Gasteiger partial charge in [0.25, 0.3) is 5.91 Å². The number of ether oxygens (including phenoxy) is 2. The van der Waals surface area contributed by atoms with Crippen molar-refractivity contribution in [2.45, 2.75) is 54.0 Å². The summed E-state index contributed by atoms with van der Waals surface area (Å²) in [4.78, 5) is 40.6. The molecule has 5 rings (SSSR count). The first kappa shape index (κ1) is 32.9. The Bertz CT molecular complexity index is 1710. The lowest BCUT2D eigenvalue weighted by Gasteiger charge is -2.23. The summed E-state index contributed by atoms with van der Waals surface area (Å²) < 4.78 is 11.1. The fraction of sp³-hybridized carbons (Fsp3) is 0.195. The molecule has 0 aliphatic carbocycles. The maximum Gasteiger partial charge on any atom is 0.338 e. The first-order chi connectivity index (χ1) is 22.6. The number of rotatable bonds is 11. The van der Waals surface area contributed by atoms with Gasteiger partial charge >= 0.3 is 11.9 Å². The molecule has 5 aromatic rings. The molecule has 0 aliphatic rings. The number of hydrogen-bond donors (Lipinski definition) is 0. The van der Waals surface area contributed by atoms with Crippen LogP contribution in [-0.2, 0) is 35.8 Å². The van der Waals surface area contributed by atoms with Gasteiger partial charge in [-0.1, -0.05) is 101 Å². The molecule has 6 nitrogen and oxygen atoms in total. The normalized spacial score (nSPS) is 10.7. The monoisotopic (exact) mass is 625 g/mol. The Labute approximate surface area is 276 Å². The number of esters is 2. The molecule has 1 amide bonds. The Morgan fingerprint density at radius 1 is 0.468 bits per heavy atom. The summed E-state index contributed by atoms with van der Waals surface area (Å²) in [5.74, 6) is -0.791. The van der Waals surface area contributed by atoms with Crippen LogP contribution in [0.2, 0.25) is 0 Å². The highest BCUT2D eigenvalue weighted by molar-refractivity contribution is 5.94. The molecule has 0 radical (unpaired) electrons. The molecule has 47 heavy (non-hydrogen) atoms. The van der Waals surface area contributed by atoms with E-state index in [0.717, 1.165) is 44.5 Å². The lowest BCUT2D eigenvalue weighted by Crippen LogP contribution is -2.30. The van der Waals surface area contributed by atoms with Crippen LogP contribution in [0.25, 0.3) is 0 Å². The molecule has 0 saturated heterocycles. The van der Waals surface area contributed by atoms with Crippen molar-refractivity contribution in [3.05, 3.63) is 176 Å². The number of hydrogen-bond acceptors (Lipinski definition) is 5. The Morgan fingerprint density at radius 2 is 0.830 bits per heavy atom. The van der Waals surface area contributed by atoms with Gasteiger partial charge in [-0.25, -0.2) is 9.59 Å². The molecular weight excluding hydrogens is 586 g/mol. The first-order valence-electron chi connectivity index (χ1n) is 15.6. The van der Waals surface area contributed by atoms with E-state index in [0.29, 0.717) is 29.8 Å². The molecule has 6 heteroatoms. The Morgan fingerprint density at radius 3 is 1.21 bits per heavy atom. The van der Waals surface area contributed by atoms with Crippen molar-refractivity contribution in [3.8, 4) is 0 Å². The van der Waals surface area contributed by atoms with Crippen molar-refractivity contribution in [1.29, 1.82) is 0 Å². The standard InChI is InChI=1S/C41H39NO5/c1-28-18-29(2)21-37(20-28)40(44)46-26-34-14-10-32(11-15-34)24-42(39(43)36-8-6-5-7-9-36)25-33-12-16-35(17-13-33)27-47-41(45)38-22-30(3)19-31(4)23-38/h5-23H,24-27H2,1-4H3. The molecule has 0 spiro atoms. The van der Waals surface area contributed by atoms with Crippen LogP contribution in [0.5, 0.6) is 0 Å². The lowest BCUT2D eigenvalue weighted by atomic mass is 10.1. The fourth-order valence-corrected chi connectivity index (χ4v) is 5.53. The average Bonchev–Trinajstić information content (AvgIpc) is 3.06. The van der Waals surface area contributed by atoms with Crippen molar-refractivity contribution < 1.29 is 23.9 Å². The number of nitrogens with zero attached hydrogens (tertiary/aromatic N) is 1. The molecule has 0 heterocycles. The molecule has 0 unspecified atom stereocenters. The number of carbonyl (C=O) groups is 3. The number of benzene rings is 5. The summed E-state index contributed by atoms with van der Waals surface area (Å²) in [6.45, 7) is 8.93. The third kappa shape index (κ3) is 9.27. The second kappa shape index (κ2) is 15.2. The highest BCUT2D eigenvalue weighted by Gasteiger charge is 2.17. The molecule has 0 N–H and O–H groups in total. The van der Waals surface area contributed by atoms with Gasteiger partial charge in [0.2, 0.25) is 0 Å². The summed E-state index contributed by atoms with van der Waals surface area (Å²) in [6.07, 6.45) is 0. The van der Waals surface area contributed by atoms with Crippen molar-refractivity contribution in [2.75, 3.05) is 0 Å². The zero-order valence-electron chi connectivity index (χ0n) is 27.3. The largest absolute Gasteiger partial charge is 0.457 e. The molecule has 238 valence electrons. The van der Waals surface area contributed by atoms with Crippen LogP contribution in [0, 0.1) is 27.7 Å². The van der Waals surface area contributed by atoms with E-state index in [2.05, 4.69) is 0 Å². The second-order valence-corrected chi connectivity index (χ2v) is 12.1. The second-order valence-electron chi connectivity index (χ2n) is 12.1. The molecular formula is C41H39NO5. The van der Waals surface area contributed by atoms with E-state index in [1.165, 1.54) is 0 Å².